The predicted octanol–water partition coefficient (Wildman–Crippen LogP) is 0.683. The molecule has 0 amide bonds. The number of nitrogens with zero attached hydrogens (tertiary/aromatic N) is 1. The number of quaternary nitrogens is 1. The van der Waals surface area contributed by atoms with Crippen LogP contribution in [0.4, 0.5) is 5.69 Å². The van der Waals surface area contributed by atoms with E-state index in [0.29, 0.717) is 0 Å². The fourth-order valence-corrected chi connectivity index (χ4v) is 1.28. The molecule has 14 heavy (non-hydrogen) atoms. The van der Waals surface area contributed by atoms with Gasteiger partial charge in [0.1, 0.15) is 13.6 Å². The first-order chi connectivity index (χ1) is 6.57. The Kier molecular flexibility index (Phi) is 3.46. The van der Waals surface area contributed by atoms with Gasteiger partial charge in [0.2, 0.25) is 0 Å². The molecule has 0 aromatic heterocycles. The van der Waals surface area contributed by atoms with Gasteiger partial charge in [0.25, 0.3) is 0 Å². The van der Waals surface area contributed by atoms with Crippen LogP contribution in [0.3, 0.4) is 0 Å². The molecule has 4 N–H and O–H groups in total. The summed E-state index contributed by atoms with van der Waals surface area (Å²) < 4.78 is 0.285. The van der Waals surface area contributed by atoms with Crippen LogP contribution in [0.15, 0.2) is 24.3 Å². The number of hydrogen-bond acceptors (Lipinski definition) is 3. The third kappa shape index (κ3) is 2.99. The minimum atomic E-state index is 0.285. The summed E-state index contributed by atoms with van der Waals surface area (Å²) in [5, 5.41) is 3.10. The van der Waals surface area contributed by atoms with Gasteiger partial charge in [0, 0.05) is 25.3 Å². The maximum Gasteiger partial charge on any atom is 0.140 e. The lowest BCUT2D eigenvalue weighted by atomic mass is 10.2. The first-order valence-electron chi connectivity index (χ1n) is 4.67. The van der Waals surface area contributed by atoms with Gasteiger partial charge < -0.3 is 5.32 Å². The maximum atomic E-state index is 5.95. The molecule has 1 atom stereocenters. The average molecular weight is 195 g/mol. The molecule has 0 radical (unpaired) electrons. The highest BCUT2D eigenvalue weighted by Crippen LogP contribution is 2.11. The van der Waals surface area contributed by atoms with Gasteiger partial charge in [-0.3, -0.25) is 0 Å². The minimum Gasteiger partial charge on any atom is -0.388 e. The molecule has 1 aromatic carbocycles. The van der Waals surface area contributed by atoms with Gasteiger partial charge in [-0.2, -0.15) is 16.0 Å². The van der Waals surface area contributed by atoms with Crippen LogP contribution in [-0.2, 0) is 6.54 Å². The lowest BCUT2D eigenvalue weighted by Crippen LogP contribution is -2.58. The van der Waals surface area contributed by atoms with Crippen LogP contribution < -0.4 is 16.6 Å². The number of benzene rings is 1. The number of nitrogens with one attached hydrogen (secondary N) is 2. The summed E-state index contributed by atoms with van der Waals surface area (Å²) in [4.78, 5) is 0. The van der Waals surface area contributed by atoms with E-state index in [2.05, 4.69) is 22.9 Å². The van der Waals surface area contributed by atoms with Gasteiger partial charge in [-0.15, -0.1) is 0 Å². The fraction of sp³-hybridized carbons (Fsp3) is 0.400. The molecule has 4 nitrogen and oxygen atoms in total. The van der Waals surface area contributed by atoms with Gasteiger partial charge in [0.15, 0.2) is 0 Å². The molecule has 0 saturated carbocycles. The van der Waals surface area contributed by atoms with Crippen molar-refractivity contribution in [2.24, 2.45) is 5.84 Å². The van der Waals surface area contributed by atoms with Crippen molar-refractivity contribution in [2.45, 2.75) is 6.54 Å². The highest BCUT2D eigenvalue weighted by Gasteiger charge is 2.14. The molecule has 0 fully saturated rings. The van der Waals surface area contributed by atoms with Crippen molar-refractivity contribution in [3.63, 3.8) is 0 Å². The Labute approximate surface area is 85.2 Å². The van der Waals surface area contributed by atoms with Gasteiger partial charge in [0.05, 0.1) is 0 Å². The molecule has 0 saturated heterocycles. The SMILES string of the molecule is CNc1cccc(C[N+](C)(N)NC)c1. The van der Waals surface area contributed by atoms with E-state index >= 15 is 0 Å². The Bertz CT molecular complexity index is 296. The van der Waals surface area contributed by atoms with Crippen molar-refractivity contribution < 1.29 is 4.70 Å². The fourth-order valence-electron chi connectivity index (χ4n) is 1.28. The van der Waals surface area contributed by atoms with Gasteiger partial charge in [-0.05, 0) is 12.1 Å². The minimum absolute atomic E-state index is 0.285. The van der Waals surface area contributed by atoms with Crippen molar-refractivity contribution in [2.75, 3.05) is 26.5 Å². The summed E-state index contributed by atoms with van der Waals surface area (Å²) in [5.74, 6) is 5.95. The lowest BCUT2D eigenvalue weighted by molar-refractivity contribution is -0.974. The van der Waals surface area contributed by atoms with Crippen LogP contribution in [-0.4, -0.2) is 25.8 Å². The highest BCUT2D eigenvalue weighted by atomic mass is 15.8. The number of nitrogens with two attached hydrogens (primary N) is 1. The van der Waals surface area contributed by atoms with Crippen molar-refractivity contribution in [3.8, 4) is 0 Å². The highest BCUT2D eigenvalue weighted by molar-refractivity contribution is 5.44. The molecule has 0 aliphatic carbocycles. The van der Waals surface area contributed by atoms with E-state index in [1.54, 1.807) is 0 Å². The summed E-state index contributed by atoms with van der Waals surface area (Å²) in [6.07, 6.45) is 0. The topological polar surface area (TPSA) is 50.1 Å². The average Bonchev–Trinajstić information content (AvgIpc) is 2.17. The van der Waals surface area contributed by atoms with E-state index in [1.807, 2.05) is 33.3 Å². The molecule has 0 bridgehead atoms. The molecule has 0 aliphatic heterocycles. The van der Waals surface area contributed by atoms with E-state index in [0.717, 1.165) is 12.2 Å². The molecule has 1 unspecified atom stereocenters. The molecule has 4 heteroatoms. The van der Waals surface area contributed by atoms with Gasteiger partial charge >= 0.3 is 0 Å². The molecular weight excluding hydrogens is 176 g/mol. The van der Waals surface area contributed by atoms with Gasteiger partial charge in [-0.1, -0.05) is 12.1 Å². The second-order valence-electron chi connectivity index (χ2n) is 3.60. The zero-order valence-corrected chi connectivity index (χ0v) is 9.04. The van der Waals surface area contributed by atoms with E-state index in [-0.39, 0.29) is 4.70 Å². The van der Waals surface area contributed by atoms with E-state index < -0.39 is 0 Å². The monoisotopic (exact) mass is 195 g/mol. The Morgan fingerprint density at radius 2 is 2.07 bits per heavy atom. The summed E-state index contributed by atoms with van der Waals surface area (Å²) in [5.41, 5.74) is 5.34. The summed E-state index contributed by atoms with van der Waals surface area (Å²) >= 11 is 0. The zero-order valence-electron chi connectivity index (χ0n) is 9.04. The van der Waals surface area contributed by atoms with Crippen molar-refractivity contribution in [3.05, 3.63) is 29.8 Å². The Balaban J connectivity index is 2.76. The van der Waals surface area contributed by atoms with Crippen molar-refractivity contribution in [1.29, 1.82) is 0 Å². The van der Waals surface area contributed by atoms with Crippen LogP contribution in [0.1, 0.15) is 5.56 Å². The summed E-state index contributed by atoms with van der Waals surface area (Å²) in [7, 11) is 5.68. The smallest absolute Gasteiger partial charge is 0.140 e. The van der Waals surface area contributed by atoms with Crippen LogP contribution in [0.25, 0.3) is 0 Å². The standard InChI is InChI=1S/C10H19N4/c1-12-10-6-4-5-9(7-10)8-14(3,11)13-2/h4-7,12-13H,8,11H2,1-3H3/q+1. The zero-order chi connectivity index (χ0) is 10.6. The first-order valence-corrected chi connectivity index (χ1v) is 4.67. The maximum absolute atomic E-state index is 5.95. The second-order valence-corrected chi connectivity index (χ2v) is 3.60. The molecule has 1 aromatic rings. The molecule has 0 spiro atoms. The van der Waals surface area contributed by atoms with Crippen molar-refractivity contribution >= 4 is 5.69 Å². The third-order valence-corrected chi connectivity index (χ3v) is 2.24. The molecular formula is C10H19N4+. The quantitative estimate of drug-likeness (QED) is 0.376. The normalized spacial score (nSPS) is 14.9. The Hall–Kier alpha value is -1.10. The van der Waals surface area contributed by atoms with E-state index in [1.165, 1.54) is 5.56 Å². The predicted molar refractivity (Wildman–Crippen MR) is 59.1 cm³/mol. The third-order valence-electron chi connectivity index (χ3n) is 2.24. The van der Waals surface area contributed by atoms with Crippen molar-refractivity contribution in [1.82, 2.24) is 5.43 Å². The van der Waals surface area contributed by atoms with Crippen LogP contribution in [0.5, 0.6) is 0 Å². The number of rotatable bonds is 4. The number of hydrogen-bond donors (Lipinski definition) is 3. The largest absolute Gasteiger partial charge is 0.388 e. The Morgan fingerprint density at radius 3 is 2.64 bits per heavy atom. The lowest BCUT2D eigenvalue weighted by Gasteiger charge is -2.25. The van der Waals surface area contributed by atoms with Gasteiger partial charge in [-0.25, -0.2) is 0 Å². The number of anilines is 1. The van der Waals surface area contributed by atoms with Crippen LogP contribution in [0, 0.1) is 0 Å². The molecule has 0 aliphatic rings. The van der Waals surface area contributed by atoms with E-state index in [4.69, 9.17) is 5.84 Å². The molecule has 78 valence electrons. The summed E-state index contributed by atoms with van der Waals surface area (Å²) in [6, 6.07) is 8.22. The van der Waals surface area contributed by atoms with Crippen LogP contribution in [0.2, 0.25) is 0 Å². The van der Waals surface area contributed by atoms with E-state index in [9.17, 15) is 0 Å². The second kappa shape index (κ2) is 4.41. The molecule has 1 rings (SSSR count). The summed E-state index contributed by atoms with van der Waals surface area (Å²) in [6.45, 7) is 0.756. The first kappa shape index (κ1) is 11.0. The van der Waals surface area contributed by atoms with Crippen LogP contribution >= 0.6 is 0 Å². The Morgan fingerprint density at radius 1 is 1.36 bits per heavy atom. The molecule has 0 heterocycles.